The van der Waals surface area contributed by atoms with Crippen LogP contribution in [-0.4, -0.2) is 26.2 Å². The van der Waals surface area contributed by atoms with Crippen molar-refractivity contribution in [1.29, 1.82) is 0 Å². The van der Waals surface area contributed by atoms with Crippen molar-refractivity contribution < 1.29 is 28.7 Å². The van der Waals surface area contributed by atoms with E-state index in [4.69, 9.17) is 28.7 Å². The predicted octanol–water partition coefficient (Wildman–Crippen LogP) is 3.96. The molecule has 6 nitrogen and oxygen atoms in total. The van der Waals surface area contributed by atoms with Crippen LogP contribution in [0.5, 0.6) is 0 Å². The number of hydrogen-bond acceptors (Lipinski definition) is 6. The third-order valence-electron chi connectivity index (χ3n) is 5.00. The van der Waals surface area contributed by atoms with Gasteiger partial charge in [-0.3, -0.25) is 0 Å². The van der Waals surface area contributed by atoms with Crippen molar-refractivity contribution >= 4 is 42.7 Å². The Bertz CT molecular complexity index is 1070. The summed E-state index contributed by atoms with van der Waals surface area (Å²) in [4.78, 5) is 33.9. The fraction of sp³-hybridized carbons (Fsp3) is 0.308. The van der Waals surface area contributed by atoms with Gasteiger partial charge in [0.05, 0.1) is 0 Å². The average Bonchev–Trinajstić information content (AvgIpc) is 2.72. The molecule has 0 unspecified atom stereocenters. The standard InChI is InChI=1S/C26H30.Bi.2HO3P/c1-25(2,3)22-16-17-23(24(18-22)26(4,5)6)21-14-12-20(13-15-21)19-10-8-7-9-11-19;;2*1-4(2)3/h7-18H,1-6H3;;2*(H,1,2,3)/p-2. The molecule has 3 radical (unpaired) electrons. The van der Waals surface area contributed by atoms with Gasteiger partial charge in [-0.1, -0.05) is 123 Å². The fourth-order valence-corrected chi connectivity index (χ4v) is 3.36. The third kappa shape index (κ3) is 12.4. The van der Waals surface area contributed by atoms with Gasteiger partial charge in [0.25, 0.3) is 16.5 Å². The molecule has 0 aliphatic carbocycles. The van der Waals surface area contributed by atoms with E-state index in [2.05, 4.69) is 114 Å². The molecule has 3 aromatic carbocycles. The monoisotopic (exact) mass is 709 g/mol. The first-order valence-corrected chi connectivity index (χ1v) is 12.8. The molecule has 0 saturated heterocycles. The Labute approximate surface area is 229 Å². The molecule has 187 valence electrons. The van der Waals surface area contributed by atoms with Crippen molar-refractivity contribution in [3.63, 3.8) is 0 Å². The van der Waals surface area contributed by atoms with Gasteiger partial charge in [0.15, 0.2) is 0 Å². The summed E-state index contributed by atoms with van der Waals surface area (Å²) in [6.45, 7) is 13.7. The maximum absolute atomic E-state index is 8.48. The van der Waals surface area contributed by atoms with Gasteiger partial charge in [0, 0.05) is 26.2 Å². The molecule has 0 atom stereocenters. The number of benzene rings is 3. The van der Waals surface area contributed by atoms with Crippen LogP contribution in [0, 0.1) is 0 Å². The Morgan fingerprint density at radius 1 is 0.571 bits per heavy atom. The summed E-state index contributed by atoms with van der Waals surface area (Å²) in [6, 6.07) is 26.5. The maximum Gasteiger partial charge on any atom is 0.276 e. The van der Waals surface area contributed by atoms with Crippen LogP contribution in [-0.2, 0) is 20.0 Å². The van der Waals surface area contributed by atoms with Gasteiger partial charge in [0.1, 0.15) is 0 Å². The predicted molar refractivity (Wildman–Crippen MR) is 136 cm³/mol. The minimum atomic E-state index is -3.37. The van der Waals surface area contributed by atoms with Crippen LogP contribution in [0.2, 0.25) is 0 Å². The summed E-state index contributed by atoms with van der Waals surface area (Å²) < 4.78 is 17.0. The Balaban J connectivity index is 0.00000112. The SMILES string of the molecule is CC(C)(C)c1ccc(-c2ccc(-c3ccccc3)cc2)c(C(C)(C)C)c1.O=[P+]([O-])[O-].O=[P+]([O-])[O-].[Bi]. The summed E-state index contributed by atoms with van der Waals surface area (Å²) in [6.07, 6.45) is 0. The van der Waals surface area contributed by atoms with E-state index in [1.165, 1.54) is 33.4 Å². The molecule has 0 saturated carbocycles. The molecule has 0 aromatic heterocycles. The molecule has 0 fully saturated rings. The molecule has 0 heterocycles. The van der Waals surface area contributed by atoms with Gasteiger partial charge in [0.2, 0.25) is 0 Å². The smallest absolute Gasteiger partial charge is 0.276 e. The van der Waals surface area contributed by atoms with Gasteiger partial charge in [-0.25, -0.2) is 0 Å². The molecule has 0 aliphatic heterocycles. The zero-order valence-electron chi connectivity index (χ0n) is 20.7. The van der Waals surface area contributed by atoms with Crippen LogP contribution in [0.15, 0.2) is 72.8 Å². The van der Waals surface area contributed by atoms with E-state index in [1.807, 2.05) is 0 Å². The van der Waals surface area contributed by atoms with Crippen molar-refractivity contribution in [1.82, 2.24) is 0 Å². The summed E-state index contributed by atoms with van der Waals surface area (Å²) in [5, 5.41) is 0. The second-order valence-electron chi connectivity index (χ2n) is 9.65. The molecular weight excluding hydrogens is 679 g/mol. The molecule has 35 heavy (non-hydrogen) atoms. The maximum atomic E-state index is 8.48. The minimum absolute atomic E-state index is 0. The van der Waals surface area contributed by atoms with Crippen LogP contribution < -0.4 is 19.6 Å². The fourth-order valence-electron chi connectivity index (χ4n) is 3.36. The van der Waals surface area contributed by atoms with E-state index in [0.29, 0.717) is 0 Å². The van der Waals surface area contributed by atoms with Crippen molar-refractivity contribution in [2.45, 2.75) is 52.4 Å². The molecule has 0 bridgehead atoms. The van der Waals surface area contributed by atoms with Crippen LogP contribution in [0.4, 0.5) is 0 Å². The molecular formula is C26H30BiO6P2-2. The molecule has 0 amide bonds. The van der Waals surface area contributed by atoms with E-state index < -0.39 is 16.5 Å². The van der Waals surface area contributed by atoms with E-state index in [0.717, 1.165) is 0 Å². The van der Waals surface area contributed by atoms with Gasteiger partial charge in [-0.05, 0) is 44.2 Å². The topological polar surface area (TPSA) is 126 Å². The van der Waals surface area contributed by atoms with Crippen LogP contribution in [0.3, 0.4) is 0 Å². The van der Waals surface area contributed by atoms with Gasteiger partial charge in [-0.15, -0.1) is 0 Å². The summed E-state index contributed by atoms with van der Waals surface area (Å²) in [5.41, 5.74) is 8.23. The van der Waals surface area contributed by atoms with Gasteiger partial charge >= 0.3 is 0 Å². The van der Waals surface area contributed by atoms with Crippen molar-refractivity contribution in [2.24, 2.45) is 0 Å². The van der Waals surface area contributed by atoms with Crippen LogP contribution >= 0.6 is 16.5 Å². The Morgan fingerprint density at radius 3 is 1.37 bits per heavy atom. The summed E-state index contributed by atoms with van der Waals surface area (Å²) in [7, 11) is -6.74. The van der Waals surface area contributed by atoms with E-state index >= 15 is 0 Å². The zero-order chi connectivity index (χ0) is 26.1. The largest absolute Gasteiger partial charge is 0.598 e. The molecule has 0 aliphatic rings. The van der Waals surface area contributed by atoms with Gasteiger partial charge < -0.3 is 19.6 Å². The molecule has 0 N–H and O–H groups in total. The zero-order valence-corrected chi connectivity index (χ0v) is 26.0. The van der Waals surface area contributed by atoms with E-state index in [1.54, 1.807) is 0 Å². The first kappa shape index (κ1) is 33.6. The average molecular weight is 709 g/mol. The first-order valence-electron chi connectivity index (χ1n) is 10.6. The van der Waals surface area contributed by atoms with E-state index in [-0.39, 0.29) is 37.0 Å². The normalized spacial score (nSPS) is 10.6. The number of hydrogen-bond donors (Lipinski definition) is 0. The molecule has 9 heteroatoms. The number of rotatable bonds is 2. The molecule has 3 aromatic rings. The minimum Gasteiger partial charge on any atom is -0.598 e. The first-order chi connectivity index (χ1) is 15.6. The molecule has 0 spiro atoms. The van der Waals surface area contributed by atoms with Crippen molar-refractivity contribution in [3.05, 3.63) is 83.9 Å². The van der Waals surface area contributed by atoms with Gasteiger partial charge in [-0.2, -0.15) is 0 Å². The van der Waals surface area contributed by atoms with Crippen LogP contribution in [0.1, 0.15) is 52.7 Å². The Morgan fingerprint density at radius 2 is 0.971 bits per heavy atom. The summed E-state index contributed by atoms with van der Waals surface area (Å²) >= 11 is 0. The summed E-state index contributed by atoms with van der Waals surface area (Å²) in [5.74, 6) is 0. The second-order valence-corrected chi connectivity index (χ2v) is 10.5. The Hall–Kier alpha value is -1.42. The second kappa shape index (κ2) is 15.0. The van der Waals surface area contributed by atoms with Crippen LogP contribution in [0.25, 0.3) is 22.3 Å². The Kier molecular flexibility index (Phi) is 14.4. The van der Waals surface area contributed by atoms with Crippen molar-refractivity contribution in [2.75, 3.05) is 0 Å². The van der Waals surface area contributed by atoms with Crippen molar-refractivity contribution in [3.8, 4) is 22.3 Å². The van der Waals surface area contributed by atoms with E-state index in [9.17, 15) is 0 Å². The third-order valence-corrected chi connectivity index (χ3v) is 5.00. The quantitative estimate of drug-likeness (QED) is 0.293. The molecule has 3 rings (SSSR count).